The van der Waals surface area contributed by atoms with Crippen LogP contribution in [0, 0.1) is 11.8 Å². The molecule has 1 rings (SSSR count). The summed E-state index contributed by atoms with van der Waals surface area (Å²) in [5, 5.41) is 18.3. The second kappa shape index (κ2) is 16.4. The fraction of sp³-hybridized carbons (Fsp3) is 0.545. The molecule has 0 saturated heterocycles. The van der Waals surface area contributed by atoms with Gasteiger partial charge >= 0.3 is 5.97 Å². The molecular weight excluding hydrogens is 374 g/mol. The van der Waals surface area contributed by atoms with Gasteiger partial charge in [0.25, 0.3) is 0 Å². The lowest BCUT2D eigenvalue weighted by Gasteiger charge is -2.08. The van der Waals surface area contributed by atoms with Crippen molar-refractivity contribution in [1.82, 2.24) is 0 Å². The molecule has 0 amide bonds. The summed E-state index contributed by atoms with van der Waals surface area (Å²) in [5.74, 6) is -1.98. The average molecular weight is 410 g/mol. The van der Waals surface area contributed by atoms with Gasteiger partial charge in [0.1, 0.15) is 17.6 Å². The quantitative estimate of drug-likeness (QED) is 0.637. The number of carboxylic acid groups (broad SMARTS) is 2. The average Bonchev–Trinajstić information content (AvgIpc) is 2.53. The number of aliphatic carboxylic acids is 2. The van der Waals surface area contributed by atoms with E-state index in [0.717, 1.165) is 0 Å². The number of carbonyl (C=O) groups is 4. The molecule has 0 saturated carbocycles. The minimum Gasteiger partial charge on any atom is -0.550 e. The Hall–Kier alpha value is -2.54. The largest absolute Gasteiger partial charge is 0.550 e. The maximum Gasteiger partial charge on any atom is 0.303 e. The molecule has 7 heteroatoms. The molecule has 0 aliphatic rings. The van der Waals surface area contributed by atoms with Crippen LogP contribution in [0.15, 0.2) is 30.3 Å². The first kappa shape index (κ1) is 28.7. The number of Topliss-reactive ketones (excluding diaryl/α,β-unsaturated/α-hetero) is 2. The molecule has 1 aromatic carbocycles. The van der Waals surface area contributed by atoms with Crippen molar-refractivity contribution in [3.05, 3.63) is 35.9 Å². The molecule has 1 aromatic rings. The van der Waals surface area contributed by atoms with Crippen molar-refractivity contribution in [3.63, 3.8) is 0 Å². The van der Waals surface area contributed by atoms with E-state index in [1.807, 2.05) is 18.2 Å². The molecule has 0 heterocycles. The first-order valence-electron chi connectivity index (χ1n) is 9.63. The minimum atomic E-state index is -1.09. The van der Waals surface area contributed by atoms with Gasteiger partial charge in [-0.05, 0) is 39.0 Å². The zero-order valence-corrected chi connectivity index (χ0v) is 18.1. The number of carboxylic acids is 2. The summed E-state index contributed by atoms with van der Waals surface area (Å²) >= 11 is 0. The molecule has 0 radical (unpaired) electrons. The van der Waals surface area contributed by atoms with Gasteiger partial charge in [0.2, 0.25) is 0 Å². The van der Waals surface area contributed by atoms with Crippen molar-refractivity contribution in [3.8, 4) is 0 Å². The standard InChI is InChI=1S/C8H11N.2C7H12O3/c1-7(9)8-5-3-2-4-6-8;2*1-5(3-6(2)8)4-7(9)10/h2-7H,9H2,1H3;2*5H,3-4H2,1-2H3,(H,9,10)/t7-;2*5-/m100/s1. The first-order valence-corrected chi connectivity index (χ1v) is 9.63. The van der Waals surface area contributed by atoms with Gasteiger partial charge in [-0.1, -0.05) is 44.2 Å². The second-order valence-electron chi connectivity index (χ2n) is 7.51. The summed E-state index contributed by atoms with van der Waals surface area (Å²) in [7, 11) is 0. The predicted octanol–water partition coefficient (Wildman–Crippen LogP) is 1.81. The van der Waals surface area contributed by atoms with Crippen LogP contribution in [0.1, 0.15) is 71.9 Å². The van der Waals surface area contributed by atoms with Crippen molar-refractivity contribution in [2.45, 2.75) is 66.3 Å². The molecule has 4 N–H and O–H groups in total. The first-order chi connectivity index (χ1) is 13.3. The van der Waals surface area contributed by atoms with Crippen LogP contribution in [-0.4, -0.2) is 28.6 Å². The van der Waals surface area contributed by atoms with E-state index in [4.69, 9.17) is 5.11 Å². The third-order valence-corrected chi connectivity index (χ3v) is 3.68. The van der Waals surface area contributed by atoms with E-state index < -0.39 is 11.9 Å². The smallest absolute Gasteiger partial charge is 0.303 e. The van der Waals surface area contributed by atoms with Gasteiger partial charge in [0, 0.05) is 30.8 Å². The van der Waals surface area contributed by atoms with Gasteiger partial charge < -0.3 is 30.3 Å². The van der Waals surface area contributed by atoms with Crippen LogP contribution in [-0.2, 0) is 19.2 Å². The van der Waals surface area contributed by atoms with Crippen molar-refractivity contribution >= 4 is 23.5 Å². The van der Waals surface area contributed by atoms with Gasteiger partial charge in [-0.15, -0.1) is 0 Å². The molecule has 3 atom stereocenters. The highest BCUT2D eigenvalue weighted by molar-refractivity contribution is 5.77. The Morgan fingerprint density at radius 1 is 0.862 bits per heavy atom. The SMILES string of the molecule is CC(=O)C[C@H](C)CC(=O)O.CC(=O)C[C@H](C)CC(=O)[O-].C[C@@H]([NH3+])c1ccccc1. The Kier molecular flexibility index (Phi) is 16.2. The number of quaternary nitrogens is 1. The Bertz CT molecular complexity index is 561. The number of hydrogen-bond acceptors (Lipinski definition) is 5. The van der Waals surface area contributed by atoms with Crippen molar-refractivity contribution in [1.29, 1.82) is 0 Å². The van der Waals surface area contributed by atoms with Gasteiger partial charge in [-0.3, -0.25) is 4.79 Å². The van der Waals surface area contributed by atoms with Crippen LogP contribution in [0.4, 0.5) is 0 Å². The zero-order chi connectivity index (χ0) is 23.0. The molecule has 0 aromatic heterocycles. The number of benzene rings is 1. The van der Waals surface area contributed by atoms with E-state index in [-0.39, 0.29) is 36.2 Å². The topological polar surface area (TPSA) is 139 Å². The van der Waals surface area contributed by atoms with Crippen molar-refractivity contribution in [2.24, 2.45) is 11.8 Å². The maximum atomic E-state index is 10.4. The minimum absolute atomic E-state index is 0.0220. The van der Waals surface area contributed by atoms with Gasteiger partial charge in [-0.25, -0.2) is 0 Å². The van der Waals surface area contributed by atoms with Crippen LogP contribution in [0.2, 0.25) is 0 Å². The highest BCUT2D eigenvalue weighted by Crippen LogP contribution is 2.07. The molecule has 0 unspecified atom stereocenters. The van der Waals surface area contributed by atoms with E-state index in [2.05, 4.69) is 24.8 Å². The van der Waals surface area contributed by atoms with Crippen molar-refractivity contribution < 1.29 is 35.1 Å². The van der Waals surface area contributed by atoms with Gasteiger partial charge in [-0.2, -0.15) is 0 Å². The molecule has 7 nitrogen and oxygen atoms in total. The summed E-state index contributed by atoms with van der Waals surface area (Å²) in [4.78, 5) is 40.9. The molecular formula is C22H35NO6. The molecule has 29 heavy (non-hydrogen) atoms. The highest BCUT2D eigenvalue weighted by atomic mass is 16.4. The normalized spacial score (nSPS) is 12.8. The highest BCUT2D eigenvalue weighted by Gasteiger charge is 2.08. The maximum absolute atomic E-state index is 10.4. The number of rotatable bonds is 9. The lowest BCUT2D eigenvalue weighted by Crippen LogP contribution is -2.51. The van der Waals surface area contributed by atoms with Gasteiger partial charge in [0.05, 0.1) is 0 Å². The van der Waals surface area contributed by atoms with E-state index in [1.165, 1.54) is 19.4 Å². The van der Waals surface area contributed by atoms with E-state index in [1.54, 1.807) is 13.8 Å². The summed E-state index contributed by atoms with van der Waals surface area (Å²) < 4.78 is 0. The fourth-order valence-corrected chi connectivity index (χ4v) is 2.49. The predicted molar refractivity (Wildman–Crippen MR) is 109 cm³/mol. The van der Waals surface area contributed by atoms with Crippen molar-refractivity contribution in [2.75, 3.05) is 0 Å². The number of hydrogen-bond donors (Lipinski definition) is 2. The zero-order valence-electron chi connectivity index (χ0n) is 18.1. The van der Waals surface area contributed by atoms with Crippen LogP contribution >= 0.6 is 0 Å². The monoisotopic (exact) mass is 409 g/mol. The Balaban J connectivity index is 0. The second-order valence-corrected chi connectivity index (χ2v) is 7.51. The Labute approximate surface area is 173 Å². The summed E-state index contributed by atoms with van der Waals surface area (Å²) in [6.07, 6.45) is 0.749. The third kappa shape index (κ3) is 21.6. The summed E-state index contributed by atoms with van der Waals surface area (Å²) in [6.45, 7) is 8.49. The summed E-state index contributed by atoms with van der Waals surface area (Å²) in [6, 6.07) is 10.7. The van der Waals surface area contributed by atoms with Gasteiger partial charge in [0.15, 0.2) is 0 Å². The van der Waals surface area contributed by atoms with E-state index in [0.29, 0.717) is 18.9 Å². The fourth-order valence-electron chi connectivity index (χ4n) is 2.49. The Morgan fingerprint density at radius 3 is 1.55 bits per heavy atom. The lowest BCUT2D eigenvalue weighted by atomic mass is 10.0. The molecule has 0 spiro atoms. The van der Waals surface area contributed by atoms with E-state index in [9.17, 15) is 24.3 Å². The van der Waals surface area contributed by atoms with Crippen LogP contribution < -0.4 is 10.8 Å². The van der Waals surface area contributed by atoms with Crippen LogP contribution in [0.3, 0.4) is 0 Å². The van der Waals surface area contributed by atoms with Crippen LogP contribution in [0.25, 0.3) is 0 Å². The molecule has 0 bridgehead atoms. The molecule has 0 aliphatic heterocycles. The van der Waals surface area contributed by atoms with E-state index >= 15 is 0 Å². The summed E-state index contributed by atoms with van der Waals surface area (Å²) in [5.41, 5.74) is 5.21. The molecule has 0 aliphatic carbocycles. The Morgan fingerprint density at radius 2 is 1.28 bits per heavy atom. The lowest BCUT2D eigenvalue weighted by molar-refractivity contribution is -0.420. The molecule has 164 valence electrons. The number of ketones is 2. The third-order valence-electron chi connectivity index (χ3n) is 3.68. The molecule has 0 fully saturated rings. The van der Waals surface area contributed by atoms with Crippen LogP contribution in [0.5, 0.6) is 0 Å². The number of carbonyl (C=O) groups excluding carboxylic acids is 3.